The molecule has 0 atom stereocenters. The minimum absolute atomic E-state index is 0.461. The van der Waals surface area contributed by atoms with Crippen molar-refractivity contribution in [1.82, 2.24) is 4.98 Å². The zero-order chi connectivity index (χ0) is 13.7. The van der Waals surface area contributed by atoms with E-state index in [0.717, 1.165) is 21.5 Å². The second-order valence-corrected chi connectivity index (χ2v) is 4.83. The first kappa shape index (κ1) is 13.5. The van der Waals surface area contributed by atoms with Gasteiger partial charge >= 0.3 is 0 Å². The molecule has 0 aliphatic rings. The van der Waals surface area contributed by atoms with Crippen molar-refractivity contribution in [2.45, 2.75) is 6.42 Å². The minimum atomic E-state index is 0.461. The van der Waals surface area contributed by atoms with Gasteiger partial charge in [0.25, 0.3) is 0 Å². The maximum atomic E-state index is 9.15. The van der Waals surface area contributed by atoms with Crippen molar-refractivity contribution in [1.29, 1.82) is 0 Å². The van der Waals surface area contributed by atoms with Gasteiger partial charge in [-0.05, 0) is 42.0 Å². The molecular formula is C14H13BrN2O2. The molecule has 5 heteroatoms. The molecule has 0 amide bonds. The first-order valence-electron chi connectivity index (χ1n) is 5.68. The van der Waals surface area contributed by atoms with E-state index in [4.69, 9.17) is 9.94 Å². The lowest BCUT2D eigenvalue weighted by Gasteiger charge is -2.06. The van der Waals surface area contributed by atoms with Crippen molar-refractivity contribution in [3.05, 3.63) is 58.3 Å². The summed E-state index contributed by atoms with van der Waals surface area (Å²) in [7, 11) is 1.61. The van der Waals surface area contributed by atoms with Crippen LogP contribution in [-0.4, -0.2) is 23.0 Å². The molecule has 0 unspecified atom stereocenters. The van der Waals surface area contributed by atoms with Crippen molar-refractivity contribution in [3.8, 4) is 5.75 Å². The predicted octanol–water partition coefficient (Wildman–Crippen LogP) is 3.27. The van der Waals surface area contributed by atoms with E-state index in [-0.39, 0.29) is 0 Å². The first-order valence-corrected chi connectivity index (χ1v) is 6.48. The summed E-state index contributed by atoms with van der Waals surface area (Å²) in [5, 5.41) is 12.5. The Labute approximate surface area is 119 Å². The lowest BCUT2D eigenvalue weighted by atomic mass is 10.1. The number of pyridine rings is 1. The Kier molecular flexibility index (Phi) is 4.52. The number of methoxy groups -OCH3 is 1. The van der Waals surface area contributed by atoms with Crippen molar-refractivity contribution in [3.63, 3.8) is 0 Å². The maximum absolute atomic E-state index is 9.15. The topological polar surface area (TPSA) is 54.7 Å². The van der Waals surface area contributed by atoms with Gasteiger partial charge in [-0.1, -0.05) is 21.1 Å². The van der Waals surface area contributed by atoms with Crippen molar-refractivity contribution >= 4 is 21.6 Å². The van der Waals surface area contributed by atoms with Gasteiger partial charge in [0.15, 0.2) is 0 Å². The summed E-state index contributed by atoms with van der Waals surface area (Å²) in [6.45, 7) is 0. The number of benzene rings is 1. The molecule has 0 aliphatic heterocycles. The summed E-state index contributed by atoms with van der Waals surface area (Å²) in [5.41, 5.74) is 2.23. The van der Waals surface area contributed by atoms with Gasteiger partial charge in [-0.25, -0.2) is 0 Å². The molecule has 0 aliphatic carbocycles. The second kappa shape index (κ2) is 6.33. The smallest absolute Gasteiger partial charge is 0.118 e. The van der Waals surface area contributed by atoms with E-state index in [1.807, 2.05) is 36.4 Å². The van der Waals surface area contributed by atoms with Crippen LogP contribution in [-0.2, 0) is 6.42 Å². The Morgan fingerprint density at radius 3 is 2.63 bits per heavy atom. The minimum Gasteiger partial charge on any atom is -0.497 e. The lowest BCUT2D eigenvalue weighted by molar-refractivity contribution is 0.318. The van der Waals surface area contributed by atoms with Gasteiger partial charge in [-0.15, -0.1) is 0 Å². The Hall–Kier alpha value is -1.88. The average molecular weight is 321 g/mol. The normalized spacial score (nSPS) is 11.4. The Morgan fingerprint density at radius 2 is 2.05 bits per heavy atom. The molecule has 19 heavy (non-hydrogen) atoms. The molecule has 0 saturated heterocycles. The molecule has 98 valence electrons. The van der Waals surface area contributed by atoms with Gasteiger partial charge in [0.2, 0.25) is 0 Å². The van der Waals surface area contributed by atoms with Crippen LogP contribution >= 0.6 is 15.9 Å². The highest BCUT2D eigenvalue weighted by atomic mass is 79.9. The van der Waals surface area contributed by atoms with Gasteiger partial charge in [-0.2, -0.15) is 0 Å². The number of nitrogens with zero attached hydrogens (tertiary/aromatic N) is 2. The number of hydrogen-bond acceptors (Lipinski definition) is 4. The average Bonchev–Trinajstić information content (AvgIpc) is 2.45. The molecule has 0 saturated carbocycles. The highest BCUT2D eigenvalue weighted by Gasteiger charge is 2.07. The SMILES string of the molecule is COc1ccc(/C(Cc2cc(Br)ccn2)=N\O)cc1. The van der Waals surface area contributed by atoms with E-state index in [0.29, 0.717) is 12.1 Å². The third kappa shape index (κ3) is 3.54. The summed E-state index contributed by atoms with van der Waals surface area (Å²) in [4.78, 5) is 4.24. The first-order chi connectivity index (χ1) is 9.22. The van der Waals surface area contributed by atoms with Crippen LogP contribution in [0.1, 0.15) is 11.3 Å². The van der Waals surface area contributed by atoms with Crippen molar-refractivity contribution < 1.29 is 9.94 Å². The molecule has 1 N–H and O–H groups in total. The summed E-state index contributed by atoms with van der Waals surface area (Å²) < 4.78 is 6.04. The number of oxime groups is 1. The van der Waals surface area contributed by atoms with Crippen LogP contribution in [0.2, 0.25) is 0 Å². The fraction of sp³-hybridized carbons (Fsp3) is 0.143. The standard InChI is InChI=1S/C14H13BrN2O2/c1-19-13-4-2-10(3-5-13)14(17-18)9-12-8-11(15)6-7-16-12/h2-8,18H,9H2,1H3/b17-14-. The van der Waals surface area contributed by atoms with Gasteiger partial charge < -0.3 is 9.94 Å². The molecule has 0 radical (unpaired) electrons. The molecule has 1 aromatic carbocycles. The van der Waals surface area contributed by atoms with Gasteiger partial charge in [0.05, 0.1) is 12.8 Å². The Morgan fingerprint density at radius 1 is 1.32 bits per heavy atom. The van der Waals surface area contributed by atoms with E-state index in [1.54, 1.807) is 13.3 Å². The fourth-order valence-electron chi connectivity index (χ4n) is 1.70. The van der Waals surface area contributed by atoms with Crippen LogP contribution in [0.4, 0.5) is 0 Å². The molecule has 4 nitrogen and oxygen atoms in total. The van der Waals surface area contributed by atoms with E-state index in [1.165, 1.54) is 0 Å². The third-order valence-corrected chi connectivity index (χ3v) is 3.16. The summed E-state index contributed by atoms with van der Waals surface area (Å²) in [5.74, 6) is 0.765. The van der Waals surface area contributed by atoms with Crippen LogP contribution in [0.15, 0.2) is 52.2 Å². The van der Waals surface area contributed by atoms with E-state index >= 15 is 0 Å². The number of hydrogen-bond donors (Lipinski definition) is 1. The molecule has 2 rings (SSSR count). The molecule has 1 aromatic heterocycles. The lowest BCUT2D eigenvalue weighted by Crippen LogP contribution is -2.06. The molecule has 0 fully saturated rings. The predicted molar refractivity (Wildman–Crippen MR) is 77.0 cm³/mol. The van der Waals surface area contributed by atoms with Crippen molar-refractivity contribution in [2.75, 3.05) is 7.11 Å². The number of rotatable bonds is 4. The van der Waals surface area contributed by atoms with Crippen LogP contribution in [0.25, 0.3) is 0 Å². The second-order valence-electron chi connectivity index (χ2n) is 3.92. The van der Waals surface area contributed by atoms with Gasteiger partial charge in [0, 0.05) is 22.8 Å². The van der Waals surface area contributed by atoms with E-state index in [2.05, 4.69) is 26.1 Å². The van der Waals surface area contributed by atoms with Crippen LogP contribution in [0, 0.1) is 0 Å². The highest BCUT2D eigenvalue weighted by Crippen LogP contribution is 2.15. The zero-order valence-electron chi connectivity index (χ0n) is 10.4. The van der Waals surface area contributed by atoms with Crippen LogP contribution in [0.3, 0.4) is 0 Å². The molecule has 2 aromatic rings. The van der Waals surface area contributed by atoms with E-state index < -0.39 is 0 Å². The number of ether oxygens (including phenoxy) is 1. The Balaban J connectivity index is 2.20. The highest BCUT2D eigenvalue weighted by molar-refractivity contribution is 9.10. The third-order valence-electron chi connectivity index (χ3n) is 2.67. The summed E-state index contributed by atoms with van der Waals surface area (Å²) >= 11 is 3.39. The molecule has 1 heterocycles. The van der Waals surface area contributed by atoms with Gasteiger partial charge in [-0.3, -0.25) is 4.98 Å². The number of aromatic nitrogens is 1. The summed E-state index contributed by atoms with van der Waals surface area (Å²) in [6, 6.07) is 11.1. The quantitative estimate of drug-likeness (QED) is 0.534. The van der Waals surface area contributed by atoms with E-state index in [9.17, 15) is 0 Å². The zero-order valence-corrected chi connectivity index (χ0v) is 12.0. The maximum Gasteiger partial charge on any atom is 0.118 e. The van der Waals surface area contributed by atoms with Crippen molar-refractivity contribution in [2.24, 2.45) is 5.16 Å². The monoisotopic (exact) mass is 320 g/mol. The molecular weight excluding hydrogens is 308 g/mol. The van der Waals surface area contributed by atoms with Crippen LogP contribution in [0.5, 0.6) is 5.75 Å². The fourth-order valence-corrected chi connectivity index (χ4v) is 2.08. The molecule has 0 spiro atoms. The summed E-state index contributed by atoms with van der Waals surface area (Å²) in [6.07, 6.45) is 2.17. The van der Waals surface area contributed by atoms with Crippen LogP contribution < -0.4 is 4.74 Å². The largest absolute Gasteiger partial charge is 0.497 e. The Bertz CT molecular complexity index is 582. The number of halogens is 1. The molecule has 0 bridgehead atoms. The van der Waals surface area contributed by atoms with Gasteiger partial charge in [0.1, 0.15) is 5.75 Å².